The summed E-state index contributed by atoms with van der Waals surface area (Å²) in [5.74, 6) is 0. The third kappa shape index (κ3) is 3.00. The predicted octanol–water partition coefficient (Wildman–Crippen LogP) is -3.61. The van der Waals surface area contributed by atoms with E-state index in [1.165, 1.54) is 0 Å². The minimum absolute atomic E-state index is 0. The molecule has 2 N–H and O–H groups in total. The summed E-state index contributed by atoms with van der Waals surface area (Å²) in [5.41, 5.74) is 0. The molecule has 9 heteroatoms. The molecule has 0 aliphatic carbocycles. The molecule has 7 nitrogen and oxygen atoms in total. The predicted molar refractivity (Wildman–Crippen MR) is 62.2 cm³/mol. The Kier molecular flexibility index (Phi) is 5.99. The third-order valence-electron chi connectivity index (χ3n) is 2.28. The van der Waals surface area contributed by atoms with Gasteiger partial charge in [0.2, 0.25) is 0 Å². The topological polar surface area (TPSA) is 85.0 Å². The van der Waals surface area contributed by atoms with Crippen LogP contribution < -0.4 is 51.4 Å². The molecule has 3 aromatic heterocycles. The van der Waals surface area contributed by atoms with Crippen LogP contribution in [0.25, 0.3) is 0 Å². The monoisotopic (exact) mass is 269 g/mol. The van der Waals surface area contributed by atoms with Crippen molar-refractivity contribution in [3.8, 4) is 0 Å². The van der Waals surface area contributed by atoms with Gasteiger partial charge >= 0.3 is 51.4 Å². The minimum Gasteiger partial charge on any atom is -0.425 e. The van der Waals surface area contributed by atoms with Crippen molar-refractivity contribution < 1.29 is 56.9 Å². The summed E-state index contributed by atoms with van der Waals surface area (Å²) < 4.78 is 5.38. The normalized spacial score (nSPS) is 9.83. The van der Waals surface area contributed by atoms with Gasteiger partial charge in [0.25, 0.3) is 7.12 Å². The average molecular weight is 269 g/mol. The van der Waals surface area contributed by atoms with Gasteiger partial charge in [0.05, 0.1) is 0 Å². The van der Waals surface area contributed by atoms with Crippen LogP contribution in [-0.4, -0.2) is 41.7 Å². The van der Waals surface area contributed by atoms with Crippen molar-refractivity contribution in [1.29, 1.82) is 0 Å². The molecular weight excluding hydrogens is 258 g/mol. The zero-order chi connectivity index (χ0) is 10.8. The van der Waals surface area contributed by atoms with E-state index in [-0.39, 0.29) is 64.0 Å². The van der Waals surface area contributed by atoms with E-state index in [0.29, 0.717) is 0 Å². The first-order valence-corrected chi connectivity index (χ1v) is 4.92. The summed E-state index contributed by atoms with van der Waals surface area (Å²) in [6.45, 7) is 0. The van der Waals surface area contributed by atoms with Crippen LogP contribution in [0.5, 0.6) is 0 Å². The maximum absolute atomic E-state index is 4.22. The fraction of sp³-hybridized carbons (Fsp3) is 0. The first-order valence-electron chi connectivity index (χ1n) is 4.92. The van der Waals surface area contributed by atoms with Crippen LogP contribution in [0.15, 0.2) is 55.4 Å². The second kappa shape index (κ2) is 7.02. The van der Waals surface area contributed by atoms with Crippen LogP contribution in [-0.2, 0) is 0 Å². The molecule has 0 unspecified atom stereocenters. The summed E-state index contributed by atoms with van der Waals surface area (Å²) in [4.78, 5) is 0. The molecule has 0 atom stereocenters. The fourth-order valence-corrected chi connectivity index (χ4v) is 1.62. The molecule has 3 rings (SSSR count). The Morgan fingerprint density at radius 3 is 1.22 bits per heavy atom. The van der Waals surface area contributed by atoms with E-state index >= 15 is 0 Å². The molecule has 0 fully saturated rings. The molecule has 1 radical (unpaired) electrons. The van der Waals surface area contributed by atoms with Gasteiger partial charge in [0.15, 0.2) is 0 Å². The molecule has 0 amide bonds. The van der Waals surface area contributed by atoms with Crippen molar-refractivity contribution >= 4 is 7.12 Å². The molecule has 87 valence electrons. The van der Waals surface area contributed by atoms with E-state index in [9.17, 15) is 0 Å². The summed E-state index contributed by atoms with van der Waals surface area (Å²) in [7, 11) is -0.194. The van der Waals surface area contributed by atoms with Crippen LogP contribution in [0, 0.1) is 0 Å². The van der Waals surface area contributed by atoms with Crippen LogP contribution >= 0.6 is 0 Å². The van der Waals surface area contributed by atoms with E-state index in [0.717, 1.165) is 0 Å². The number of rotatable bonds is 3. The molecule has 0 aliphatic heterocycles. The van der Waals surface area contributed by atoms with Gasteiger partial charge in [-0.15, -0.1) is 0 Å². The molecule has 0 aromatic carbocycles. The van der Waals surface area contributed by atoms with Crippen LogP contribution in [0.1, 0.15) is 0 Å². The van der Waals surface area contributed by atoms with Gasteiger partial charge in [0, 0.05) is 18.6 Å². The van der Waals surface area contributed by atoms with E-state index in [2.05, 4.69) is 15.3 Å². The average Bonchev–Trinajstić information content (AvgIpc) is 3.02. The molecule has 18 heavy (non-hydrogen) atoms. The zero-order valence-electron chi connectivity index (χ0n) is 9.96. The molecule has 0 spiro atoms. The van der Waals surface area contributed by atoms with Crippen LogP contribution in [0.4, 0.5) is 0 Å². The Hall–Kier alpha value is -0.709. The van der Waals surface area contributed by atoms with Crippen molar-refractivity contribution in [2.45, 2.75) is 0 Å². The molecule has 0 bridgehead atoms. The van der Waals surface area contributed by atoms with Crippen LogP contribution in [0.2, 0.25) is 0 Å². The fourth-order valence-electron chi connectivity index (χ4n) is 1.62. The van der Waals surface area contributed by atoms with Crippen molar-refractivity contribution in [1.82, 2.24) is 29.1 Å². The van der Waals surface area contributed by atoms with Crippen molar-refractivity contribution in [3.63, 3.8) is 0 Å². The van der Waals surface area contributed by atoms with E-state index in [1.54, 1.807) is 32.4 Å². The molecule has 0 saturated heterocycles. The van der Waals surface area contributed by atoms with Gasteiger partial charge < -0.3 is 19.3 Å². The molecular formula is C9H11BKN6O. The Morgan fingerprint density at radius 2 is 1.00 bits per heavy atom. The third-order valence-corrected chi connectivity index (χ3v) is 2.28. The van der Waals surface area contributed by atoms with Gasteiger partial charge in [-0.25, -0.2) is 15.3 Å². The Morgan fingerprint density at radius 1 is 0.667 bits per heavy atom. The molecule has 0 saturated carbocycles. The Labute approximate surface area is 147 Å². The second-order valence-corrected chi connectivity index (χ2v) is 3.30. The summed E-state index contributed by atoms with van der Waals surface area (Å²) >= 11 is 0. The first kappa shape index (κ1) is 15.3. The van der Waals surface area contributed by atoms with E-state index in [1.807, 2.05) is 36.8 Å². The Bertz CT molecular complexity index is 456. The number of hydrogen-bond donors (Lipinski definition) is 0. The summed E-state index contributed by atoms with van der Waals surface area (Å²) in [6.07, 6.45) is 10.9. The maximum Gasteiger partial charge on any atom is 1.00 e. The SMILES string of the molecule is O.[K+].c1cnn([B-](n2cccn2)n2cccn2)c1. The standard InChI is InChI=1S/C9H9BN6.K.H2O/c1-4-11-14(7-1)10(15-8-2-5-12-15)16-9-3-6-13-16;;/h1-9H;;1H2/q-1;+1;. The smallest absolute Gasteiger partial charge is 0.425 e. The second-order valence-electron chi connectivity index (χ2n) is 3.30. The minimum atomic E-state index is -0.194. The largest absolute Gasteiger partial charge is 1.00 e. The van der Waals surface area contributed by atoms with Gasteiger partial charge in [-0.05, 0) is 36.8 Å². The van der Waals surface area contributed by atoms with Crippen molar-refractivity contribution in [2.75, 3.05) is 0 Å². The van der Waals surface area contributed by atoms with Gasteiger partial charge in [-0.2, -0.15) is 0 Å². The summed E-state index contributed by atoms with van der Waals surface area (Å²) in [6, 6.07) is 5.62. The van der Waals surface area contributed by atoms with Gasteiger partial charge in [-0.1, -0.05) is 0 Å². The first-order chi connectivity index (χ1) is 7.95. The zero-order valence-corrected chi connectivity index (χ0v) is 13.1. The summed E-state index contributed by atoms with van der Waals surface area (Å²) in [5, 5.41) is 12.7. The number of hydrogen-bond acceptors (Lipinski definition) is 3. The maximum atomic E-state index is 4.22. The van der Waals surface area contributed by atoms with Gasteiger partial charge in [-0.3, -0.25) is 0 Å². The van der Waals surface area contributed by atoms with Crippen molar-refractivity contribution in [3.05, 3.63) is 55.4 Å². The van der Waals surface area contributed by atoms with Crippen molar-refractivity contribution in [2.24, 2.45) is 0 Å². The molecule has 3 aromatic rings. The molecule has 3 heterocycles. The number of aromatic nitrogens is 6. The quantitative estimate of drug-likeness (QED) is 0.460. The van der Waals surface area contributed by atoms with E-state index < -0.39 is 0 Å². The van der Waals surface area contributed by atoms with Crippen LogP contribution in [0.3, 0.4) is 0 Å². The Balaban J connectivity index is 0.000000810. The molecule has 0 aliphatic rings. The van der Waals surface area contributed by atoms with Gasteiger partial charge in [0.1, 0.15) is 0 Å². The van der Waals surface area contributed by atoms with E-state index in [4.69, 9.17) is 0 Å². The number of nitrogens with zero attached hydrogens (tertiary/aromatic N) is 6.